The minimum absolute atomic E-state index is 1.04. The molecule has 1 aliphatic rings. The SMILES string of the molecule is [V][N]1CCNC1. The third-order valence-electron chi connectivity index (χ3n) is 0.841. The van der Waals surface area contributed by atoms with Gasteiger partial charge in [0.1, 0.15) is 0 Å². The predicted molar refractivity (Wildman–Crippen MR) is 19.6 cm³/mol. The predicted octanol–water partition coefficient (Wildman–Crippen LogP) is -0.689. The fraction of sp³-hybridized carbons (Fsp3) is 1.00. The van der Waals surface area contributed by atoms with Crippen LogP contribution in [-0.4, -0.2) is 23.5 Å². The van der Waals surface area contributed by atoms with E-state index in [2.05, 4.69) is 26.7 Å². The minimum atomic E-state index is 1.04. The third kappa shape index (κ3) is 0.982. The fourth-order valence-electron chi connectivity index (χ4n) is 0.495. The second kappa shape index (κ2) is 1.98. The molecule has 1 heterocycles. The summed E-state index contributed by atoms with van der Waals surface area (Å²) in [5.41, 5.74) is 0. The average Bonchev–Trinajstić information content (AvgIpc) is 1.86. The van der Waals surface area contributed by atoms with Crippen molar-refractivity contribution in [3.8, 4) is 0 Å². The van der Waals surface area contributed by atoms with Gasteiger partial charge >= 0.3 is 46.5 Å². The average molecular weight is 122 g/mol. The van der Waals surface area contributed by atoms with Gasteiger partial charge < -0.3 is 0 Å². The topological polar surface area (TPSA) is 15.3 Å². The van der Waals surface area contributed by atoms with E-state index >= 15 is 0 Å². The monoisotopic (exact) mass is 122 g/mol. The van der Waals surface area contributed by atoms with Crippen molar-refractivity contribution in [3.63, 3.8) is 0 Å². The second-order valence-electron chi connectivity index (χ2n) is 1.39. The van der Waals surface area contributed by atoms with Crippen LogP contribution in [0.5, 0.6) is 0 Å². The Hall–Kier alpha value is 0.504. The van der Waals surface area contributed by atoms with Gasteiger partial charge in [-0.05, 0) is 0 Å². The maximum atomic E-state index is 3.18. The Morgan fingerprint density at radius 3 is 2.67 bits per heavy atom. The van der Waals surface area contributed by atoms with Crippen molar-refractivity contribution < 1.29 is 17.7 Å². The summed E-state index contributed by atoms with van der Waals surface area (Å²) in [6, 6.07) is 0. The van der Waals surface area contributed by atoms with Crippen LogP contribution in [0.2, 0.25) is 0 Å². The summed E-state index contributed by atoms with van der Waals surface area (Å²) in [4.78, 5) is 0. The van der Waals surface area contributed by atoms with Gasteiger partial charge in [0.2, 0.25) is 0 Å². The standard InChI is InChI=1S/C3H7N2.V/c1-2-5-3-4-1;/h4H,1-3H2;/q-1;+1. The number of hydrogen-bond acceptors (Lipinski definition) is 2. The van der Waals surface area contributed by atoms with Crippen LogP contribution in [0, 0.1) is 0 Å². The van der Waals surface area contributed by atoms with Crippen LogP contribution in [0.3, 0.4) is 0 Å². The first-order chi connectivity index (χ1) is 2.89. The normalized spacial score (nSPS) is 25.3. The molecule has 0 unspecified atom stereocenters. The van der Waals surface area contributed by atoms with Crippen molar-refractivity contribution in [2.45, 2.75) is 0 Å². The molecule has 1 rings (SSSR count). The Morgan fingerprint density at radius 1 is 1.67 bits per heavy atom. The second-order valence-corrected chi connectivity index (χ2v) is 2.27. The summed E-state index contributed by atoms with van der Waals surface area (Å²) in [7, 11) is 0. The molecule has 0 aromatic carbocycles. The fourth-order valence-corrected chi connectivity index (χ4v) is 0.808. The zero-order valence-corrected chi connectivity index (χ0v) is 4.91. The van der Waals surface area contributed by atoms with Crippen molar-refractivity contribution in [1.82, 2.24) is 9.07 Å². The Balaban J connectivity index is 2.18. The molecule has 2 nitrogen and oxygen atoms in total. The molecule has 0 aromatic rings. The summed E-state index contributed by atoms with van der Waals surface area (Å²) in [6.45, 7) is 3.37. The maximum absolute atomic E-state index is 3.18. The molecule has 34 valence electrons. The van der Waals surface area contributed by atoms with E-state index in [-0.39, 0.29) is 0 Å². The molecule has 0 aromatic heterocycles. The molecule has 1 N–H and O–H groups in total. The van der Waals surface area contributed by atoms with E-state index < -0.39 is 0 Å². The van der Waals surface area contributed by atoms with Gasteiger partial charge in [-0.25, -0.2) is 0 Å². The zero-order valence-electron chi connectivity index (χ0n) is 3.52. The van der Waals surface area contributed by atoms with Gasteiger partial charge in [0, 0.05) is 0 Å². The van der Waals surface area contributed by atoms with Gasteiger partial charge in [-0.2, -0.15) is 0 Å². The number of nitrogens with one attached hydrogen (secondary N) is 1. The number of rotatable bonds is 0. The molecule has 0 spiro atoms. The van der Waals surface area contributed by atoms with Crippen LogP contribution in [-0.2, 0) is 17.7 Å². The summed E-state index contributed by atoms with van der Waals surface area (Å²) in [6.07, 6.45) is 0. The molecule has 1 aliphatic heterocycles. The Labute approximate surface area is 47.1 Å². The van der Waals surface area contributed by atoms with Gasteiger partial charge in [0.25, 0.3) is 0 Å². The van der Waals surface area contributed by atoms with Crippen molar-refractivity contribution in [2.75, 3.05) is 19.8 Å². The van der Waals surface area contributed by atoms with Crippen molar-refractivity contribution >= 4 is 0 Å². The summed E-state index contributed by atoms with van der Waals surface area (Å²) in [5, 5.41) is 3.18. The van der Waals surface area contributed by atoms with Crippen LogP contribution in [0.4, 0.5) is 0 Å². The molecule has 0 atom stereocenters. The van der Waals surface area contributed by atoms with Crippen LogP contribution in [0.1, 0.15) is 0 Å². The summed E-state index contributed by atoms with van der Waals surface area (Å²) < 4.78 is 2.19. The molecule has 6 heavy (non-hydrogen) atoms. The Kier molecular flexibility index (Phi) is 1.54. The molecule has 0 radical (unpaired) electrons. The molecule has 0 amide bonds. The number of nitrogens with zero attached hydrogens (tertiary/aromatic N) is 1. The molecule has 3 heteroatoms. The number of hydrogen-bond donors (Lipinski definition) is 1. The first kappa shape index (κ1) is 4.66. The van der Waals surface area contributed by atoms with Crippen LogP contribution in [0.15, 0.2) is 0 Å². The molecular weight excluding hydrogens is 115 g/mol. The molecule has 0 saturated carbocycles. The molecular formula is C3H7N2V. The van der Waals surface area contributed by atoms with Crippen LogP contribution < -0.4 is 5.32 Å². The van der Waals surface area contributed by atoms with E-state index in [9.17, 15) is 0 Å². The van der Waals surface area contributed by atoms with E-state index in [0.29, 0.717) is 0 Å². The van der Waals surface area contributed by atoms with E-state index in [4.69, 9.17) is 0 Å². The van der Waals surface area contributed by atoms with Gasteiger partial charge in [-0.3, -0.25) is 0 Å². The molecule has 1 saturated heterocycles. The Morgan fingerprint density at radius 2 is 2.50 bits per heavy atom. The van der Waals surface area contributed by atoms with Crippen molar-refractivity contribution in [2.24, 2.45) is 0 Å². The first-order valence-corrected chi connectivity index (χ1v) is 2.66. The van der Waals surface area contributed by atoms with E-state index in [0.717, 1.165) is 13.2 Å². The van der Waals surface area contributed by atoms with Gasteiger partial charge in [-0.1, -0.05) is 0 Å². The van der Waals surface area contributed by atoms with Gasteiger partial charge in [0.15, 0.2) is 0 Å². The molecule has 1 fully saturated rings. The quantitative estimate of drug-likeness (QED) is 0.457. The van der Waals surface area contributed by atoms with E-state index in [1.807, 2.05) is 0 Å². The van der Waals surface area contributed by atoms with E-state index in [1.54, 1.807) is 0 Å². The van der Waals surface area contributed by atoms with Gasteiger partial charge in [0.05, 0.1) is 0 Å². The summed E-state index contributed by atoms with van der Waals surface area (Å²) >= 11 is 2.51. The first-order valence-electron chi connectivity index (χ1n) is 2.04. The van der Waals surface area contributed by atoms with Gasteiger partial charge in [-0.15, -0.1) is 0 Å². The molecule has 0 bridgehead atoms. The van der Waals surface area contributed by atoms with E-state index in [1.165, 1.54) is 6.54 Å². The third-order valence-corrected chi connectivity index (χ3v) is 1.37. The summed E-state index contributed by atoms with van der Waals surface area (Å²) in [5.74, 6) is 0. The molecule has 0 aliphatic carbocycles. The van der Waals surface area contributed by atoms with Crippen LogP contribution >= 0.6 is 0 Å². The van der Waals surface area contributed by atoms with Crippen molar-refractivity contribution in [1.29, 1.82) is 0 Å². The Bertz CT molecular complexity index is 42.1. The van der Waals surface area contributed by atoms with Crippen LogP contribution in [0.25, 0.3) is 0 Å². The van der Waals surface area contributed by atoms with Crippen molar-refractivity contribution in [3.05, 3.63) is 0 Å². The zero-order chi connectivity index (χ0) is 4.41.